The highest BCUT2D eigenvalue weighted by atomic mass is 16.5. The fraction of sp³-hybridized carbons (Fsp3) is 0.611. The average molecular weight is 334 g/mol. The SMILES string of the molecule is COc1cc(C(=O)NC2CCN(C3CC3)CC2)cc(OC)c1OC. The van der Waals surface area contributed by atoms with Crippen molar-refractivity contribution in [1.82, 2.24) is 10.2 Å². The molecule has 0 unspecified atom stereocenters. The van der Waals surface area contributed by atoms with E-state index in [9.17, 15) is 4.79 Å². The summed E-state index contributed by atoms with van der Waals surface area (Å²) >= 11 is 0. The molecule has 0 spiro atoms. The van der Waals surface area contributed by atoms with E-state index in [1.165, 1.54) is 12.8 Å². The molecule has 1 aromatic rings. The third-order valence-electron chi connectivity index (χ3n) is 4.85. The molecule has 0 bridgehead atoms. The van der Waals surface area contributed by atoms with E-state index in [0.29, 0.717) is 22.8 Å². The number of piperidine rings is 1. The molecule has 2 aliphatic rings. The number of benzene rings is 1. The minimum Gasteiger partial charge on any atom is -0.493 e. The van der Waals surface area contributed by atoms with Crippen molar-refractivity contribution in [3.8, 4) is 17.2 Å². The highest BCUT2D eigenvalue weighted by molar-refractivity contribution is 5.95. The molecule has 1 saturated carbocycles. The summed E-state index contributed by atoms with van der Waals surface area (Å²) in [6.45, 7) is 2.15. The molecule has 1 aliphatic heterocycles. The molecular formula is C18H26N2O4. The Morgan fingerprint density at radius 2 is 1.58 bits per heavy atom. The fourth-order valence-corrected chi connectivity index (χ4v) is 3.33. The summed E-state index contributed by atoms with van der Waals surface area (Å²) in [4.78, 5) is 15.1. The van der Waals surface area contributed by atoms with Crippen LogP contribution in [0.2, 0.25) is 0 Å². The van der Waals surface area contributed by atoms with E-state index >= 15 is 0 Å². The van der Waals surface area contributed by atoms with Gasteiger partial charge in [-0.25, -0.2) is 0 Å². The number of hydrogen-bond acceptors (Lipinski definition) is 5. The minimum absolute atomic E-state index is 0.0980. The third-order valence-corrected chi connectivity index (χ3v) is 4.85. The zero-order valence-electron chi connectivity index (χ0n) is 14.6. The van der Waals surface area contributed by atoms with Crippen LogP contribution in [-0.4, -0.2) is 57.3 Å². The fourth-order valence-electron chi connectivity index (χ4n) is 3.33. The minimum atomic E-state index is -0.0980. The first-order chi connectivity index (χ1) is 11.7. The largest absolute Gasteiger partial charge is 0.493 e. The van der Waals surface area contributed by atoms with E-state index in [-0.39, 0.29) is 11.9 Å². The van der Waals surface area contributed by atoms with Crippen LogP contribution in [0.15, 0.2) is 12.1 Å². The van der Waals surface area contributed by atoms with Gasteiger partial charge in [-0.3, -0.25) is 4.79 Å². The molecule has 0 aromatic heterocycles. The summed E-state index contributed by atoms with van der Waals surface area (Å²) in [7, 11) is 4.65. The standard InChI is InChI=1S/C18H26N2O4/c1-22-15-10-12(11-16(23-2)17(15)24-3)18(21)19-13-6-8-20(9-7-13)14-4-5-14/h10-11,13-14H,4-9H2,1-3H3,(H,19,21). The van der Waals surface area contributed by atoms with E-state index in [2.05, 4.69) is 10.2 Å². The number of nitrogens with zero attached hydrogens (tertiary/aromatic N) is 1. The van der Waals surface area contributed by atoms with Gasteiger partial charge in [0.1, 0.15) is 0 Å². The van der Waals surface area contributed by atoms with Crippen LogP contribution in [0.1, 0.15) is 36.0 Å². The summed E-state index contributed by atoms with van der Waals surface area (Å²) in [5.41, 5.74) is 0.522. The van der Waals surface area contributed by atoms with Gasteiger partial charge in [0, 0.05) is 30.7 Å². The molecule has 1 aliphatic carbocycles. The Morgan fingerprint density at radius 1 is 1.00 bits per heavy atom. The van der Waals surface area contributed by atoms with Crippen molar-refractivity contribution in [1.29, 1.82) is 0 Å². The number of hydrogen-bond donors (Lipinski definition) is 1. The van der Waals surface area contributed by atoms with Crippen LogP contribution in [0, 0.1) is 0 Å². The smallest absolute Gasteiger partial charge is 0.251 e. The number of carbonyl (C=O) groups excluding carboxylic acids is 1. The van der Waals surface area contributed by atoms with E-state index in [1.54, 1.807) is 33.5 Å². The van der Waals surface area contributed by atoms with Crippen LogP contribution in [0.5, 0.6) is 17.2 Å². The Hall–Kier alpha value is -1.95. The monoisotopic (exact) mass is 334 g/mol. The predicted molar refractivity (Wildman–Crippen MR) is 91.2 cm³/mol. The normalized spacial score (nSPS) is 19.0. The molecule has 132 valence electrons. The quantitative estimate of drug-likeness (QED) is 0.863. The number of methoxy groups -OCH3 is 3. The number of ether oxygens (including phenoxy) is 3. The van der Waals surface area contributed by atoms with Gasteiger partial charge < -0.3 is 24.4 Å². The maximum absolute atomic E-state index is 12.6. The Bertz CT molecular complexity index is 568. The van der Waals surface area contributed by atoms with Gasteiger partial charge in [-0.05, 0) is 37.8 Å². The molecule has 2 fully saturated rings. The summed E-state index contributed by atoms with van der Waals surface area (Å²) in [6, 6.07) is 4.41. The van der Waals surface area contributed by atoms with Crippen molar-refractivity contribution in [3.05, 3.63) is 17.7 Å². The molecule has 0 atom stereocenters. The highest BCUT2D eigenvalue weighted by Crippen LogP contribution is 2.38. The lowest BCUT2D eigenvalue weighted by molar-refractivity contribution is 0.0908. The molecule has 1 N–H and O–H groups in total. The van der Waals surface area contributed by atoms with Gasteiger partial charge in [-0.1, -0.05) is 0 Å². The molecule has 6 nitrogen and oxygen atoms in total. The number of likely N-dealkylation sites (tertiary alicyclic amines) is 1. The molecule has 3 rings (SSSR count). The molecule has 1 aromatic carbocycles. The average Bonchev–Trinajstić information content (AvgIpc) is 3.46. The van der Waals surface area contributed by atoms with Crippen LogP contribution in [0.4, 0.5) is 0 Å². The maximum Gasteiger partial charge on any atom is 0.251 e. The van der Waals surface area contributed by atoms with E-state index in [4.69, 9.17) is 14.2 Å². The topological polar surface area (TPSA) is 60.0 Å². The second-order valence-corrected chi connectivity index (χ2v) is 6.43. The van der Waals surface area contributed by atoms with E-state index in [1.807, 2.05) is 0 Å². The highest BCUT2D eigenvalue weighted by Gasteiger charge is 2.32. The number of carbonyl (C=O) groups is 1. The maximum atomic E-state index is 12.6. The van der Waals surface area contributed by atoms with Crippen molar-refractivity contribution < 1.29 is 19.0 Å². The number of amides is 1. The Morgan fingerprint density at radius 3 is 2.04 bits per heavy atom. The van der Waals surface area contributed by atoms with Crippen molar-refractivity contribution in [2.75, 3.05) is 34.4 Å². The zero-order valence-corrected chi connectivity index (χ0v) is 14.6. The van der Waals surface area contributed by atoms with Gasteiger partial charge in [-0.15, -0.1) is 0 Å². The Kier molecular flexibility index (Phi) is 5.14. The second kappa shape index (κ2) is 7.30. The van der Waals surface area contributed by atoms with Crippen LogP contribution >= 0.6 is 0 Å². The van der Waals surface area contributed by atoms with Crippen molar-refractivity contribution in [3.63, 3.8) is 0 Å². The lowest BCUT2D eigenvalue weighted by Gasteiger charge is -2.32. The zero-order chi connectivity index (χ0) is 17.1. The Balaban J connectivity index is 1.66. The van der Waals surface area contributed by atoms with Crippen molar-refractivity contribution in [2.24, 2.45) is 0 Å². The first kappa shape index (κ1) is 16.9. The first-order valence-corrected chi connectivity index (χ1v) is 8.51. The van der Waals surface area contributed by atoms with Gasteiger partial charge in [-0.2, -0.15) is 0 Å². The van der Waals surface area contributed by atoms with Crippen LogP contribution in [0.25, 0.3) is 0 Å². The lowest BCUT2D eigenvalue weighted by Crippen LogP contribution is -2.45. The van der Waals surface area contributed by atoms with Gasteiger partial charge in [0.25, 0.3) is 5.91 Å². The van der Waals surface area contributed by atoms with Gasteiger partial charge in [0.2, 0.25) is 5.75 Å². The van der Waals surface area contributed by atoms with Crippen LogP contribution in [0.3, 0.4) is 0 Å². The van der Waals surface area contributed by atoms with Crippen LogP contribution < -0.4 is 19.5 Å². The van der Waals surface area contributed by atoms with Gasteiger partial charge in [0.15, 0.2) is 11.5 Å². The Labute approximate surface area is 143 Å². The summed E-state index contributed by atoms with van der Waals surface area (Å²) in [6.07, 6.45) is 4.68. The molecular weight excluding hydrogens is 308 g/mol. The summed E-state index contributed by atoms with van der Waals surface area (Å²) in [5.74, 6) is 1.38. The van der Waals surface area contributed by atoms with Gasteiger partial charge >= 0.3 is 0 Å². The molecule has 1 amide bonds. The molecule has 6 heteroatoms. The van der Waals surface area contributed by atoms with Gasteiger partial charge in [0.05, 0.1) is 21.3 Å². The van der Waals surface area contributed by atoms with Crippen molar-refractivity contribution >= 4 is 5.91 Å². The predicted octanol–water partition coefficient (Wildman–Crippen LogP) is 2.07. The molecule has 0 radical (unpaired) electrons. The number of nitrogens with one attached hydrogen (secondary N) is 1. The van der Waals surface area contributed by atoms with Crippen molar-refractivity contribution in [2.45, 2.75) is 37.8 Å². The first-order valence-electron chi connectivity index (χ1n) is 8.51. The summed E-state index contributed by atoms with van der Waals surface area (Å²) in [5, 5.41) is 3.14. The molecule has 1 saturated heterocycles. The lowest BCUT2D eigenvalue weighted by atomic mass is 10.0. The summed E-state index contributed by atoms with van der Waals surface area (Å²) < 4.78 is 15.9. The van der Waals surface area contributed by atoms with E-state index in [0.717, 1.165) is 32.0 Å². The van der Waals surface area contributed by atoms with Crippen LogP contribution in [-0.2, 0) is 0 Å². The van der Waals surface area contributed by atoms with E-state index < -0.39 is 0 Å². The second-order valence-electron chi connectivity index (χ2n) is 6.43. The number of rotatable bonds is 6. The molecule has 24 heavy (non-hydrogen) atoms. The molecule has 1 heterocycles. The third kappa shape index (κ3) is 3.59.